The van der Waals surface area contributed by atoms with Crippen molar-refractivity contribution in [2.75, 3.05) is 13.7 Å². The van der Waals surface area contributed by atoms with Crippen molar-refractivity contribution in [3.05, 3.63) is 63.5 Å². The van der Waals surface area contributed by atoms with E-state index in [4.69, 9.17) is 9.47 Å². The van der Waals surface area contributed by atoms with Crippen LogP contribution in [0.4, 0.5) is 9.18 Å². The Hall–Kier alpha value is -2.87. The number of halogens is 2. The lowest BCUT2D eigenvalue weighted by atomic mass is 10.1. The first-order chi connectivity index (χ1) is 13.4. The predicted octanol–water partition coefficient (Wildman–Crippen LogP) is 4.09. The van der Waals surface area contributed by atoms with Crippen molar-refractivity contribution < 1.29 is 23.5 Å². The summed E-state index contributed by atoms with van der Waals surface area (Å²) in [7, 11) is 1.50. The van der Waals surface area contributed by atoms with E-state index < -0.39 is 6.03 Å². The summed E-state index contributed by atoms with van der Waals surface area (Å²) in [5.74, 6) is 0.167. The van der Waals surface area contributed by atoms with Gasteiger partial charge in [-0.2, -0.15) is 0 Å². The fourth-order valence-electron chi connectivity index (χ4n) is 2.77. The van der Waals surface area contributed by atoms with E-state index in [1.807, 2.05) is 0 Å². The van der Waals surface area contributed by atoms with E-state index in [-0.39, 0.29) is 24.0 Å². The van der Waals surface area contributed by atoms with Gasteiger partial charge in [0.1, 0.15) is 18.1 Å². The van der Waals surface area contributed by atoms with Crippen LogP contribution in [-0.4, -0.2) is 30.5 Å². The Morgan fingerprint density at radius 1 is 1.25 bits per heavy atom. The summed E-state index contributed by atoms with van der Waals surface area (Å²) in [4.78, 5) is 25.1. The van der Waals surface area contributed by atoms with Crippen LogP contribution in [0.1, 0.15) is 18.1 Å². The summed E-state index contributed by atoms with van der Waals surface area (Å²) in [6, 6.07) is 9.12. The fraction of sp³-hybridized carbons (Fsp3) is 0.200. The number of amides is 3. The van der Waals surface area contributed by atoms with Gasteiger partial charge in [0.15, 0.2) is 11.5 Å². The highest BCUT2D eigenvalue weighted by atomic mass is 79.9. The maximum Gasteiger partial charge on any atom is 0.328 e. The van der Waals surface area contributed by atoms with Crippen molar-refractivity contribution in [1.82, 2.24) is 10.2 Å². The van der Waals surface area contributed by atoms with Crippen LogP contribution in [0.3, 0.4) is 0 Å². The molecule has 2 aromatic rings. The van der Waals surface area contributed by atoms with Gasteiger partial charge in [0.25, 0.3) is 5.91 Å². The molecule has 1 heterocycles. The first-order valence-electron chi connectivity index (χ1n) is 8.52. The SMILES string of the molecule is CCN1C(=O)N/C(=C/c2cc(Br)c(OCc3cccc(F)c3)c(OC)c2)C1=O. The third kappa shape index (κ3) is 4.17. The topological polar surface area (TPSA) is 67.9 Å². The Kier molecular flexibility index (Phi) is 5.99. The van der Waals surface area contributed by atoms with Crippen LogP contribution in [0.5, 0.6) is 11.5 Å². The predicted molar refractivity (Wildman–Crippen MR) is 105 cm³/mol. The van der Waals surface area contributed by atoms with Gasteiger partial charge in [-0.15, -0.1) is 0 Å². The number of carbonyl (C=O) groups is 2. The molecule has 0 saturated carbocycles. The summed E-state index contributed by atoms with van der Waals surface area (Å²) >= 11 is 3.44. The van der Waals surface area contributed by atoms with E-state index in [2.05, 4.69) is 21.2 Å². The van der Waals surface area contributed by atoms with E-state index in [0.717, 1.165) is 4.90 Å². The number of hydrogen-bond acceptors (Lipinski definition) is 4. The molecule has 28 heavy (non-hydrogen) atoms. The molecule has 0 unspecified atom stereocenters. The first kappa shape index (κ1) is 19.9. The molecule has 146 valence electrons. The number of likely N-dealkylation sites (N-methyl/N-ethyl adjacent to an activating group) is 1. The van der Waals surface area contributed by atoms with Gasteiger partial charge < -0.3 is 14.8 Å². The number of urea groups is 1. The summed E-state index contributed by atoms with van der Waals surface area (Å²) < 4.78 is 25.1. The highest BCUT2D eigenvalue weighted by molar-refractivity contribution is 9.10. The third-order valence-electron chi connectivity index (χ3n) is 4.11. The first-order valence-corrected chi connectivity index (χ1v) is 9.31. The Morgan fingerprint density at radius 3 is 2.68 bits per heavy atom. The van der Waals surface area contributed by atoms with E-state index in [0.29, 0.717) is 33.6 Å². The average Bonchev–Trinajstić information content (AvgIpc) is 2.93. The smallest absolute Gasteiger partial charge is 0.328 e. The number of benzene rings is 2. The quantitative estimate of drug-likeness (QED) is 0.533. The van der Waals surface area contributed by atoms with Crippen LogP contribution in [0.15, 0.2) is 46.6 Å². The minimum absolute atomic E-state index is 0.160. The highest BCUT2D eigenvalue weighted by Gasteiger charge is 2.32. The number of imide groups is 1. The lowest BCUT2D eigenvalue weighted by Gasteiger charge is -2.14. The monoisotopic (exact) mass is 448 g/mol. The molecule has 3 rings (SSSR count). The second-order valence-electron chi connectivity index (χ2n) is 5.99. The molecule has 0 atom stereocenters. The fourth-order valence-corrected chi connectivity index (χ4v) is 3.35. The van der Waals surface area contributed by atoms with Crippen LogP contribution < -0.4 is 14.8 Å². The number of hydrogen-bond donors (Lipinski definition) is 1. The van der Waals surface area contributed by atoms with Crippen LogP contribution >= 0.6 is 15.9 Å². The zero-order valence-corrected chi connectivity index (χ0v) is 16.9. The van der Waals surface area contributed by atoms with Crippen molar-refractivity contribution in [1.29, 1.82) is 0 Å². The van der Waals surface area contributed by atoms with Gasteiger partial charge in [-0.1, -0.05) is 12.1 Å². The van der Waals surface area contributed by atoms with Crippen molar-refractivity contribution in [3.8, 4) is 11.5 Å². The Bertz CT molecular complexity index is 961. The number of methoxy groups -OCH3 is 1. The molecular formula is C20H18BrFN2O4. The molecule has 2 aromatic carbocycles. The van der Waals surface area contributed by atoms with Crippen molar-refractivity contribution in [2.45, 2.75) is 13.5 Å². The van der Waals surface area contributed by atoms with E-state index >= 15 is 0 Å². The highest BCUT2D eigenvalue weighted by Crippen LogP contribution is 2.38. The number of nitrogens with one attached hydrogen (secondary N) is 1. The lowest BCUT2D eigenvalue weighted by Crippen LogP contribution is -2.30. The van der Waals surface area contributed by atoms with Crippen molar-refractivity contribution >= 4 is 33.9 Å². The van der Waals surface area contributed by atoms with Gasteiger partial charge in [0.05, 0.1) is 11.6 Å². The maximum atomic E-state index is 13.3. The summed E-state index contributed by atoms with van der Waals surface area (Å²) in [5.41, 5.74) is 1.51. The normalized spacial score (nSPS) is 15.1. The Balaban J connectivity index is 1.85. The zero-order valence-electron chi connectivity index (χ0n) is 15.3. The molecule has 0 spiro atoms. The second-order valence-corrected chi connectivity index (χ2v) is 6.84. The number of nitrogens with zero attached hydrogens (tertiary/aromatic N) is 1. The molecule has 1 aliphatic heterocycles. The molecule has 6 nitrogen and oxygen atoms in total. The minimum Gasteiger partial charge on any atom is -0.493 e. The molecule has 0 aromatic heterocycles. The van der Waals surface area contributed by atoms with Gasteiger partial charge >= 0.3 is 6.03 Å². The molecule has 3 amide bonds. The largest absolute Gasteiger partial charge is 0.493 e. The minimum atomic E-state index is -0.445. The van der Waals surface area contributed by atoms with Gasteiger partial charge in [0, 0.05) is 6.54 Å². The molecule has 1 fully saturated rings. The maximum absolute atomic E-state index is 13.3. The summed E-state index contributed by atoms with van der Waals surface area (Å²) in [6.07, 6.45) is 1.57. The third-order valence-corrected chi connectivity index (χ3v) is 4.70. The van der Waals surface area contributed by atoms with Crippen LogP contribution in [-0.2, 0) is 11.4 Å². The molecule has 1 N–H and O–H groups in total. The van der Waals surface area contributed by atoms with Gasteiger partial charge in [-0.05, 0) is 64.3 Å². The number of ether oxygens (including phenoxy) is 2. The summed E-state index contributed by atoms with van der Waals surface area (Å²) in [6.45, 7) is 2.18. The van der Waals surface area contributed by atoms with E-state index in [1.54, 1.807) is 37.3 Å². The Morgan fingerprint density at radius 2 is 2.04 bits per heavy atom. The van der Waals surface area contributed by atoms with Crippen LogP contribution in [0.2, 0.25) is 0 Å². The van der Waals surface area contributed by atoms with Crippen LogP contribution in [0, 0.1) is 5.82 Å². The number of carbonyl (C=O) groups excluding carboxylic acids is 2. The molecular weight excluding hydrogens is 431 g/mol. The van der Waals surface area contributed by atoms with Crippen LogP contribution in [0.25, 0.3) is 6.08 Å². The molecule has 0 aliphatic carbocycles. The van der Waals surface area contributed by atoms with Gasteiger partial charge in [-0.25, -0.2) is 9.18 Å². The molecule has 1 aliphatic rings. The molecule has 8 heteroatoms. The second kappa shape index (κ2) is 8.43. The van der Waals surface area contributed by atoms with E-state index in [1.165, 1.54) is 19.2 Å². The van der Waals surface area contributed by atoms with Crippen molar-refractivity contribution in [2.24, 2.45) is 0 Å². The zero-order chi connectivity index (χ0) is 20.3. The lowest BCUT2D eigenvalue weighted by molar-refractivity contribution is -0.122. The molecule has 0 radical (unpaired) electrons. The molecule has 0 bridgehead atoms. The van der Waals surface area contributed by atoms with Crippen molar-refractivity contribution in [3.63, 3.8) is 0 Å². The van der Waals surface area contributed by atoms with Gasteiger partial charge in [0.2, 0.25) is 0 Å². The van der Waals surface area contributed by atoms with E-state index in [9.17, 15) is 14.0 Å². The van der Waals surface area contributed by atoms with Gasteiger partial charge in [-0.3, -0.25) is 9.69 Å². The molecule has 1 saturated heterocycles. The standard InChI is InChI=1S/C20H18BrFN2O4/c1-3-24-19(25)16(23-20(24)26)9-13-8-15(21)18(17(10-13)27-2)28-11-12-5-4-6-14(22)7-12/h4-10H,3,11H2,1-2H3,(H,23,26)/b16-9+. The summed E-state index contributed by atoms with van der Waals surface area (Å²) in [5, 5.41) is 2.55. The average molecular weight is 449 g/mol. The Labute approximate surface area is 170 Å². The number of rotatable bonds is 6.